The minimum Gasteiger partial charge on any atom is -0.0616 e. The third kappa shape index (κ3) is 7.24. The van der Waals surface area contributed by atoms with Crippen molar-refractivity contribution in [3.8, 4) is 134 Å². The van der Waals surface area contributed by atoms with Crippen LogP contribution >= 0.6 is 0 Å². The van der Waals surface area contributed by atoms with Gasteiger partial charge in [-0.05, 0) is 194 Å². The van der Waals surface area contributed by atoms with Gasteiger partial charge in [-0.15, -0.1) is 0 Å². The van der Waals surface area contributed by atoms with Crippen molar-refractivity contribution in [1.82, 2.24) is 0 Å². The lowest BCUT2D eigenvalue weighted by Gasteiger charge is -2.24. The molecule has 0 spiro atoms. The van der Waals surface area contributed by atoms with Crippen LogP contribution in [0, 0.1) is 27.7 Å². The molecule has 14 aromatic rings. The Balaban J connectivity index is 1.07. The summed E-state index contributed by atoms with van der Waals surface area (Å²) >= 11 is 0. The van der Waals surface area contributed by atoms with Gasteiger partial charge >= 0.3 is 0 Å². The van der Waals surface area contributed by atoms with Crippen molar-refractivity contribution in [2.75, 3.05) is 0 Å². The van der Waals surface area contributed by atoms with Gasteiger partial charge in [-0.2, -0.15) is 0 Å². The Hall–Kier alpha value is -10.1. The molecule has 0 saturated heterocycles. The number of benzene rings is 14. The molecule has 0 bridgehead atoms. The molecule has 0 nitrogen and oxygen atoms in total. The van der Waals surface area contributed by atoms with Gasteiger partial charge in [-0.25, -0.2) is 0 Å². The van der Waals surface area contributed by atoms with Crippen LogP contribution in [0.5, 0.6) is 0 Å². The SMILES string of the molecule is Cc1ccc(-c2ccccc2-c2c3c(c(-c4ccccc4-c4ccc(C)cc4)c4ccccc24)-c2ccc4c5c(ccc-3c25)-c2c-4c(-c3ccccc3-c3ccc(C)cc3)c3ccccc3c2-c2ccccc2-c2ccc(C)cc2)cc1. The minimum atomic E-state index is 1.21. The van der Waals surface area contributed by atoms with Crippen LogP contribution in [0.4, 0.5) is 0 Å². The first-order valence-electron chi connectivity index (χ1n) is 28.8. The Labute approximate surface area is 479 Å². The first-order chi connectivity index (χ1) is 40.4. The molecule has 0 N–H and O–H groups in total. The number of fused-ring (bicyclic) bond motifs is 8. The summed E-state index contributed by atoms with van der Waals surface area (Å²) in [5, 5.41) is 7.62. The fourth-order valence-corrected chi connectivity index (χ4v) is 14.1. The van der Waals surface area contributed by atoms with E-state index in [9.17, 15) is 0 Å². The van der Waals surface area contributed by atoms with Crippen LogP contribution in [0.25, 0.3) is 166 Å². The molecule has 14 aromatic carbocycles. The summed E-state index contributed by atoms with van der Waals surface area (Å²) in [6.45, 7) is 8.70. The molecule has 0 unspecified atom stereocenters. The van der Waals surface area contributed by atoms with E-state index < -0.39 is 0 Å². The Bertz CT molecular complexity index is 4330. The van der Waals surface area contributed by atoms with E-state index in [0.717, 1.165) is 0 Å². The first kappa shape index (κ1) is 47.8. The van der Waals surface area contributed by atoms with Gasteiger partial charge in [0.05, 0.1) is 0 Å². The fraction of sp³-hybridized carbons (Fsp3) is 0.0488. The highest BCUT2D eigenvalue weighted by Crippen LogP contribution is 2.65. The van der Waals surface area contributed by atoms with Crippen LogP contribution in [-0.4, -0.2) is 0 Å². The molecule has 0 aliphatic heterocycles. The summed E-state index contributed by atoms with van der Waals surface area (Å²) < 4.78 is 0. The maximum absolute atomic E-state index is 2.50. The van der Waals surface area contributed by atoms with Crippen LogP contribution in [-0.2, 0) is 0 Å². The van der Waals surface area contributed by atoms with Crippen molar-refractivity contribution in [3.05, 3.63) is 289 Å². The van der Waals surface area contributed by atoms with E-state index in [1.54, 1.807) is 0 Å². The molecule has 0 atom stereocenters. The van der Waals surface area contributed by atoms with Crippen LogP contribution in [0.2, 0.25) is 0 Å². The summed E-state index contributed by atoms with van der Waals surface area (Å²) in [4.78, 5) is 0. The van der Waals surface area contributed by atoms with Gasteiger partial charge in [0.2, 0.25) is 0 Å². The standard InChI is InChI=1S/C82H56/c1-49-29-37-53(38-30-49)57-17-5-9-21-61(57)73-65-25-13-14-26-66(65)74(62-22-10-6-18-58(62)54-39-31-50(2)32-40-54)80-70-47-48-72-78-71(46-45-69(77(70)78)79(73)80)81-75(63-23-11-7-19-59(63)55-41-33-51(3)34-42-55)67-27-15-16-28-68(67)76(82(72)81)64-24-12-8-20-60(64)56-43-35-52(4)36-44-56/h5-48H,1-4H3. The molecule has 0 radical (unpaired) electrons. The van der Waals surface area contributed by atoms with Gasteiger partial charge in [0.15, 0.2) is 0 Å². The van der Waals surface area contributed by atoms with E-state index >= 15 is 0 Å². The molecule has 384 valence electrons. The van der Waals surface area contributed by atoms with Gasteiger partial charge < -0.3 is 0 Å². The molecule has 16 rings (SSSR count). The van der Waals surface area contributed by atoms with Crippen molar-refractivity contribution in [1.29, 1.82) is 0 Å². The van der Waals surface area contributed by atoms with E-state index in [2.05, 4.69) is 295 Å². The number of rotatable bonds is 8. The molecular formula is C82H56. The van der Waals surface area contributed by atoms with Crippen molar-refractivity contribution < 1.29 is 0 Å². The zero-order chi connectivity index (χ0) is 54.7. The highest BCUT2D eigenvalue weighted by molar-refractivity contribution is 6.36. The zero-order valence-electron chi connectivity index (χ0n) is 46.4. The Morgan fingerprint density at radius 3 is 0.537 bits per heavy atom. The van der Waals surface area contributed by atoms with Gasteiger partial charge in [-0.1, -0.05) is 289 Å². The number of hydrogen-bond donors (Lipinski definition) is 0. The van der Waals surface area contributed by atoms with Crippen LogP contribution < -0.4 is 0 Å². The van der Waals surface area contributed by atoms with E-state index in [-0.39, 0.29) is 0 Å². The molecule has 82 heavy (non-hydrogen) atoms. The average molecular weight is 1040 g/mol. The summed E-state index contributed by atoms with van der Waals surface area (Å²) in [7, 11) is 0. The highest BCUT2D eigenvalue weighted by Gasteiger charge is 2.38. The molecular weight excluding hydrogens is 985 g/mol. The molecule has 0 heteroatoms. The van der Waals surface area contributed by atoms with Gasteiger partial charge in [0.25, 0.3) is 0 Å². The monoisotopic (exact) mass is 1040 g/mol. The number of hydrogen-bond acceptors (Lipinski definition) is 0. The normalized spacial score (nSPS) is 11.9. The van der Waals surface area contributed by atoms with Gasteiger partial charge in [0, 0.05) is 0 Å². The quantitative estimate of drug-likeness (QED) is 0.142. The van der Waals surface area contributed by atoms with Crippen molar-refractivity contribution in [2.45, 2.75) is 27.7 Å². The maximum atomic E-state index is 2.50. The molecule has 0 amide bonds. The lowest BCUT2D eigenvalue weighted by molar-refractivity contribution is 1.47. The predicted molar refractivity (Wildman–Crippen MR) is 350 cm³/mol. The molecule has 0 heterocycles. The highest BCUT2D eigenvalue weighted by atomic mass is 14.4. The topological polar surface area (TPSA) is 0 Å². The summed E-state index contributed by atoms with van der Waals surface area (Å²) in [6, 6.07) is 101. The molecule has 0 fully saturated rings. The molecule has 0 aromatic heterocycles. The van der Waals surface area contributed by atoms with Crippen LogP contribution in [0.1, 0.15) is 22.3 Å². The predicted octanol–water partition coefficient (Wildman–Crippen LogP) is 23.0. The van der Waals surface area contributed by atoms with Crippen LogP contribution in [0.3, 0.4) is 0 Å². The summed E-state index contributed by atoms with van der Waals surface area (Å²) in [6.07, 6.45) is 0. The second kappa shape index (κ2) is 18.7. The molecule has 2 aliphatic rings. The van der Waals surface area contributed by atoms with Gasteiger partial charge in [0.1, 0.15) is 0 Å². The van der Waals surface area contributed by atoms with E-state index in [1.807, 2.05) is 0 Å². The number of aryl methyl sites for hydroxylation is 4. The van der Waals surface area contributed by atoms with E-state index in [1.165, 1.54) is 188 Å². The first-order valence-corrected chi connectivity index (χ1v) is 28.8. The minimum absolute atomic E-state index is 1.21. The van der Waals surface area contributed by atoms with Crippen LogP contribution in [0.15, 0.2) is 267 Å². The zero-order valence-corrected chi connectivity index (χ0v) is 46.4. The Morgan fingerprint density at radius 2 is 0.329 bits per heavy atom. The molecule has 0 saturated carbocycles. The smallest absolute Gasteiger partial charge is 0.000718 e. The lowest BCUT2D eigenvalue weighted by Crippen LogP contribution is -1.97. The largest absolute Gasteiger partial charge is 0.0616 e. The van der Waals surface area contributed by atoms with E-state index in [0.29, 0.717) is 0 Å². The second-order valence-electron chi connectivity index (χ2n) is 22.8. The third-order valence-electron chi connectivity index (χ3n) is 17.9. The van der Waals surface area contributed by atoms with Crippen molar-refractivity contribution in [3.63, 3.8) is 0 Å². The third-order valence-corrected chi connectivity index (χ3v) is 17.9. The lowest BCUT2D eigenvalue weighted by atomic mass is 9.79. The van der Waals surface area contributed by atoms with E-state index in [4.69, 9.17) is 0 Å². The van der Waals surface area contributed by atoms with Crippen molar-refractivity contribution >= 4 is 32.3 Å². The Kier molecular flexibility index (Phi) is 10.9. The summed E-state index contributed by atoms with van der Waals surface area (Å²) in [5.41, 5.74) is 35.1. The Morgan fingerprint density at radius 1 is 0.146 bits per heavy atom. The van der Waals surface area contributed by atoms with Gasteiger partial charge in [-0.3, -0.25) is 0 Å². The fourth-order valence-electron chi connectivity index (χ4n) is 14.1. The molecule has 2 aliphatic carbocycles. The second-order valence-corrected chi connectivity index (χ2v) is 22.8. The summed E-state index contributed by atoms with van der Waals surface area (Å²) in [5.74, 6) is 0. The average Bonchev–Trinajstić information content (AvgIpc) is 1.89. The van der Waals surface area contributed by atoms with Crippen molar-refractivity contribution in [2.24, 2.45) is 0 Å². The maximum Gasteiger partial charge on any atom is -0.000718 e.